The number of hydrogen-bond donors (Lipinski definition) is 0. The van der Waals surface area contributed by atoms with Crippen molar-refractivity contribution >= 4 is 5.78 Å². The van der Waals surface area contributed by atoms with Gasteiger partial charge < -0.3 is 0 Å². The van der Waals surface area contributed by atoms with E-state index in [4.69, 9.17) is 0 Å². The second-order valence-electron chi connectivity index (χ2n) is 6.44. The number of carbonyl (C=O) groups is 1. The second-order valence-corrected chi connectivity index (χ2v) is 6.44. The molecule has 0 heterocycles. The van der Waals surface area contributed by atoms with Gasteiger partial charge in [0, 0.05) is 5.92 Å². The van der Waals surface area contributed by atoms with Crippen molar-refractivity contribution in [2.75, 3.05) is 0 Å². The molecule has 0 radical (unpaired) electrons. The Balaban J connectivity index is 2.03. The van der Waals surface area contributed by atoms with Crippen LogP contribution in [0.15, 0.2) is 23.8 Å². The summed E-state index contributed by atoms with van der Waals surface area (Å²) in [6.45, 7) is 11.0. The molecular weight excluding hydrogens is 196 g/mol. The van der Waals surface area contributed by atoms with E-state index in [-0.39, 0.29) is 5.78 Å². The van der Waals surface area contributed by atoms with E-state index < -0.39 is 0 Å². The van der Waals surface area contributed by atoms with Crippen molar-refractivity contribution in [3.05, 3.63) is 23.8 Å². The van der Waals surface area contributed by atoms with Crippen molar-refractivity contribution in [3.63, 3.8) is 0 Å². The van der Waals surface area contributed by atoms with Crippen LogP contribution in [0.3, 0.4) is 0 Å². The van der Waals surface area contributed by atoms with Crippen LogP contribution in [-0.2, 0) is 4.79 Å². The molecule has 3 aliphatic rings. The first-order valence-corrected chi connectivity index (χ1v) is 6.39. The van der Waals surface area contributed by atoms with Gasteiger partial charge >= 0.3 is 0 Å². The average molecular weight is 216 g/mol. The molecule has 0 spiro atoms. The molecular formula is C15H20O. The van der Waals surface area contributed by atoms with Crippen molar-refractivity contribution in [3.8, 4) is 0 Å². The fourth-order valence-electron chi connectivity index (χ4n) is 4.16. The Morgan fingerprint density at radius 1 is 1.38 bits per heavy atom. The van der Waals surface area contributed by atoms with Crippen LogP contribution < -0.4 is 0 Å². The van der Waals surface area contributed by atoms with Crippen molar-refractivity contribution in [2.24, 2.45) is 29.1 Å². The number of fused-ring (bicyclic) bond motifs is 3. The highest BCUT2D eigenvalue weighted by atomic mass is 16.1. The molecule has 0 bridgehead atoms. The first-order chi connectivity index (χ1) is 7.44. The Morgan fingerprint density at radius 2 is 2.06 bits per heavy atom. The van der Waals surface area contributed by atoms with Gasteiger partial charge in [-0.3, -0.25) is 4.79 Å². The van der Waals surface area contributed by atoms with Gasteiger partial charge in [-0.2, -0.15) is 0 Å². The molecule has 1 nitrogen and oxygen atoms in total. The number of allylic oxidation sites excluding steroid dienone is 3. The van der Waals surface area contributed by atoms with Crippen molar-refractivity contribution in [1.29, 1.82) is 0 Å². The van der Waals surface area contributed by atoms with Gasteiger partial charge in [0.15, 0.2) is 5.78 Å². The smallest absolute Gasteiger partial charge is 0.181 e. The number of hydrogen-bond acceptors (Lipinski definition) is 1. The molecule has 3 aliphatic carbocycles. The normalized spacial score (nSPS) is 44.6. The van der Waals surface area contributed by atoms with Crippen molar-refractivity contribution < 1.29 is 4.79 Å². The van der Waals surface area contributed by atoms with Crippen LogP contribution in [0.5, 0.6) is 0 Å². The van der Waals surface area contributed by atoms with Crippen LogP contribution in [0.4, 0.5) is 0 Å². The van der Waals surface area contributed by atoms with E-state index in [0.717, 1.165) is 11.5 Å². The molecule has 3 rings (SSSR count). The Hall–Kier alpha value is -0.850. The summed E-state index contributed by atoms with van der Waals surface area (Å²) >= 11 is 0. The van der Waals surface area contributed by atoms with Crippen LogP contribution in [0.2, 0.25) is 0 Å². The van der Waals surface area contributed by atoms with E-state index in [0.29, 0.717) is 23.2 Å². The molecule has 2 saturated carbocycles. The molecule has 0 N–H and O–H groups in total. The SMILES string of the molecule is C=C1C(=O)C=C2[C@H]1[C@@H]1[C@H](CC[C@@H]2C)C1(C)C. The minimum Gasteiger partial charge on any atom is -0.290 e. The van der Waals surface area contributed by atoms with E-state index in [9.17, 15) is 4.79 Å². The predicted octanol–water partition coefficient (Wildman–Crippen LogP) is 3.37. The van der Waals surface area contributed by atoms with E-state index >= 15 is 0 Å². The highest BCUT2D eigenvalue weighted by Gasteiger charge is 2.63. The number of carbonyl (C=O) groups excluding carboxylic acids is 1. The molecule has 0 saturated heterocycles. The van der Waals surface area contributed by atoms with Gasteiger partial charge in [0.2, 0.25) is 0 Å². The highest BCUT2D eigenvalue weighted by molar-refractivity contribution is 6.08. The summed E-state index contributed by atoms with van der Waals surface area (Å²) in [6.07, 6.45) is 4.45. The number of ketones is 1. The highest BCUT2D eigenvalue weighted by Crippen LogP contribution is 2.69. The first-order valence-electron chi connectivity index (χ1n) is 6.39. The van der Waals surface area contributed by atoms with Crippen molar-refractivity contribution in [2.45, 2.75) is 33.6 Å². The Bertz CT molecular complexity index is 413. The maximum Gasteiger partial charge on any atom is 0.181 e. The minimum absolute atomic E-state index is 0.190. The lowest BCUT2D eigenvalue weighted by Gasteiger charge is -2.21. The standard InChI is InChI=1S/C15H20O/c1-8-5-6-11-14(15(11,3)4)13-9(2)12(16)7-10(8)13/h7-8,11,13-14H,2,5-6H2,1,3-4H3/t8-,11-,13-,14-/m0/s1. The average Bonchev–Trinajstić information content (AvgIpc) is 2.68. The Kier molecular flexibility index (Phi) is 1.86. The monoisotopic (exact) mass is 216 g/mol. The van der Waals surface area contributed by atoms with Gasteiger partial charge in [0.1, 0.15) is 0 Å². The van der Waals surface area contributed by atoms with E-state index in [2.05, 4.69) is 27.4 Å². The van der Waals surface area contributed by atoms with Crippen molar-refractivity contribution in [1.82, 2.24) is 0 Å². The van der Waals surface area contributed by atoms with Crippen LogP contribution in [-0.4, -0.2) is 5.78 Å². The molecule has 4 atom stereocenters. The largest absolute Gasteiger partial charge is 0.290 e. The first kappa shape index (κ1) is 10.3. The maximum atomic E-state index is 11.8. The molecule has 86 valence electrons. The zero-order valence-corrected chi connectivity index (χ0v) is 10.4. The Morgan fingerprint density at radius 3 is 2.75 bits per heavy atom. The molecule has 0 unspecified atom stereocenters. The summed E-state index contributed by atoms with van der Waals surface area (Å²) in [6, 6.07) is 0. The van der Waals surface area contributed by atoms with Gasteiger partial charge in [0.05, 0.1) is 0 Å². The molecule has 0 amide bonds. The topological polar surface area (TPSA) is 17.1 Å². The summed E-state index contributed by atoms with van der Waals surface area (Å²) in [4.78, 5) is 11.8. The Labute approximate surface area is 97.6 Å². The fourth-order valence-corrected chi connectivity index (χ4v) is 4.16. The van der Waals surface area contributed by atoms with E-state index in [1.165, 1.54) is 18.4 Å². The zero-order valence-electron chi connectivity index (χ0n) is 10.4. The van der Waals surface area contributed by atoms with Crippen LogP contribution >= 0.6 is 0 Å². The van der Waals surface area contributed by atoms with Crippen LogP contribution in [0, 0.1) is 29.1 Å². The zero-order chi connectivity index (χ0) is 11.7. The van der Waals surface area contributed by atoms with Crippen LogP contribution in [0.25, 0.3) is 0 Å². The quantitative estimate of drug-likeness (QED) is 0.567. The van der Waals surface area contributed by atoms with Gasteiger partial charge in [-0.1, -0.05) is 32.9 Å². The summed E-state index contributed by atoms with van der Waals surface area (Å²) in [5.74, 6) is 2.65. The summed E-state index contributed by atoms with van der Waals surface area (Å²) in [5, 5.41) is 0. The lowest BCUT2D eigenvalue weighted by atomic mass is 9.82. The van der Waals surface area contributed by atoms with Gasteiger partial charge in [-0.25, -0.2) is 0 Å². The lowest BCUT2D eigenvalue weighted by molar-refractivity contribution is -0.111. The molecule has 0 aromatic rings. The second kappa shape index (κ2) is 2.88. The molecule has 0 aromatic carbocycles. The summed E-state index contributed by atoms with van der Waals surface area (Å²) in [5.41, 5.74) is 2.68. The van der Waals surface area contributed by atoms with Gasteiger partial charge in [-0.15, -0.1) is 0 Å². The number of rotatable bonds is 0. The molecule has 2 fully saturated rings. The molecule has 0 aliphatic heterocycles. The molecule has 0 aromatic heterocycles. The summed E-state index contributed by atoms with van der Waals surface area (Å²) < 4.78 is 0. The fraction of sp³-hybridized carbons (Fsp3) is 0.667. The molecule has 1 heteroatoms. The van der Waals surface area contributed by atoms with Gasteiger partial charge in [-0.05, 0) is 47.7 Å². The maximum absolute atomic E-state index is 11.8. The molecule has 16 heavy (non-hydrogen) atoms. The third-order valence-corrected chi connectivity index (χ3v) is 5.33. The third-order valence-electron chi connectivity index (χ3n) is 5.33. The summed E-state index contributed by atoms with van der Waals surface area (Å²) in [7, 11) is 0. The van der Waals surface area contributed by atoms with Gasteiger partial charge in [0.25, 0.3) is 0 Å². The minimum atomic E-state index is 0.190. The lowest BCUT2D eigenvalue weighted by Crippen LogP contribution is -2.14. The van der Waals surface area contributed by atoms with Crippen LogP contribution in [0.1, 0.15) is 33.6 Å². The van der Waals surface area contributed by atoms with E-state index in [1.807, 2.05) is 6.08 Å². The third kappa shape index (κ3) is 1.09. The predicted molar refractivity (Wildman–Crippen MR) is 64.9 cm³/mol. The van der Waals surface area contributed by atoms with E-state index in [1.54, 1.807) is 0 Å².